The molecule has 0 radical (unpaired) electrons. The Bertz CT molecular complexity index is 1190. The summed E-state index contributed by atoms with van der Waals surface area (Å²) in [5.41, 5.74) is 15.9. The molecular weight excluding hydrogens is 408 g/mol. The molecule has 0 spiro atoms. The highest BCUT2D eigenvalue weighted by molar-refractivity contribution is 5.88. The first-order chi connectivity index (χ1) is 16.6. The summed E-state index contributed by atoms with van der Waals surface area (Å²) in [6, 6.07) is 20.4. The Kier molecular flexibility index (Phi) is 7.88. The monoisotopic (exact) mass is 448 g/mol. The summed E-state index contributed by atoms with van der Waals surface area (Å²) < 4.78 is 0. The Labute approximate surface area is 207 Å². The largest absolute Gasteiger partial charge is 0.0909 e. The minimum Gasteiger partial charge on any atom is -0.0909 e. The van der Waals surface area contributed by atoms with Crippen molar-refractivity contribution in [2.75, 3.05) is 0 Å². The molecule has 34 heavy (non-hydrogen) atoms. The quantitative estimate of drug-likeness (QED) is 0.323. The van der Waals surface area contributed by atoms with E-state index in [9.17, 15) is 0 Å². The van der Waals surface area contributed by atoms with Gasteiger partial charge in [-0.3, -0.25) is 0 Å². The van der Waals surface area contributed by atoms with E-state index in [1.165, 1.54) is 55.7 Å². The smallest absolute Gasteiger partial charge is 0.0120 e. The van der Waals surface area contributed by atoms with Crippen molar-refractivity contribution in [3.05, 3.63) is 117 Å². The second-order valence-electron chi connectivity index (χ2n) is 9.60. The first-order valence-corrected chi connectivity index (χ1v) is 13.3. The molecule has 0 unspecified atom stereocenters. The van der Waals surface area contributed by atoms with Gasteiger partial charge in [-0.05, 0) is 113 Å². The van der Waals surface area contributed by atoms with Gasteiger partial charge in [-0.1, -0.05) is 94.9 Å². The number of hydrogen-bond acceptors (Lipinski definition) is 0. The minimum absolute atomic E-state index is 1.07. The third-order valence-electron chi connectivity index (χ3n) is 7.64. The zero-order valence-electron chi connectivity index (χ0n) is 21.6. The maximum atomic E-state index is 4.63. The lowest BCUT2D eigenvalue weighted by atomic mass is 9.77. The van der Waals surface area contributed by atoms with Crippen molar-refractivity contribution in [1.29, 1.82) is 0 Å². The van der Waals surface area contributed by atoms with Crippen LogP contribution in [0.2, 0.25) is 0 Å². The van der Waals surface area contributed by atoms with Crippen molar-refractivity contribution < 1.29 is 0 Å². The fourth-order valence-corrected chi connectivity index (χ4v) is 5.80. The molecule has 3 aromatic carbocycles. The second kappa shape index (κ2) is 11.0. The summed E-state index contributed by atoms with van der Waals surface area (Å²) >= 11 is 0. The average molecular weight is 449 g/mol. The molecule has 0 bridgehead atoms. The van der Waals surface area contributed by atoms with Gasteiger partial charge in [0.05, 0.1) is 0 Å². The van der Waals surface area contributed by atoms with E-state index in [0.717, 1.165) is 51.4 Å². The highest BCUT2D eigenvalue weighted by Crippen LogP contribution is 2.40. The van der Waals surface area contributed by atoms with Gasteiger partial charge in [-0.2, -0.15) is 0 Å². The minimum atomic E-state index is 1.07. The summed E-state index contributed by atoms with van der Waals surface area (Å²) in [6.45, 7) is 13.8. The van der Waals surface area contributed by atoms with E-state index in [1.807, 2.05) is 0 Å². The number of hydrogen-bond donors (Lipinski definition) is 0. The van der Waals surface area contributed by atoms with E-state index in [2.05, 4.69) is 94.9 Å². The van der Waals surface area contributed by atoms with Gasteiger partial charge in [-0.15, -0.1) is 0 Å². The van der Waals surface area contributed by atoms with Crippen LogP contribution < -0.4 is 0 Å². The normalized spacial score (nSPS) is 14.5. The lowest BCUT2D eigenvalue weighted by Crippen LogP contribution is -2.12. The van der Waals surface area contributed by atoms with E-state index in [1.54, 1.807) is 5.56 Å². The van der Waals surface area contributed by atoms with Crippen LogP contribution in [0.5, 0.6) is 0 Å². The van der Waals surface area contributed by atoms with Gasteiger partial charge < -0.3 is 0 Å². The van der Waals surface area contributed by atoms with Crippen LogP contribution in [-0.4, -0.2) is 0 Å². The molecule has 0 atom stereocenters. The van der Waals surface area contributed by atoms with Crippen LogP contribution in [-0.2, 0) is 44.9 Å². The van der Waals surface area contributed by atoms with Gasteiger partial charge in [0.15, 0.2) is 0 Å². The molecule has 4 rings (SSSR count). The van der Waals surface area contributed by atoms with Crippen LogP contribution in [0.25, 0.3) is 11.6 Å². The third kappa shape index (κ3) is 4.97. The van der Waals surface area contributed by atoms with Crippen LogP contribution in [0.3, 0.4) is 0 Å². The van der Waals surface area contributed by atoms with Crippen LogP contribution in [0, 0.1) is 0 Å². The van der Waals surface area contributed by atoms with Gasteiger partial charge in [0, 0.05) is 0 Å². The maximum Gasteiger partial charge on any atom is -0.0120 e. The third-order valence-corrected chi connectivity index (χ3v) is 7.64. The molecule has 0 saturated heterocycles. The standard InChI is InChI=1S/C34H40/c1-6-27-21-26(16-18-29(27)17-15-25-13-11-10-12-14-25)22-30-19-20-31-23-28(7-2)32(8-3)33(9-4)34(31)24(30)5/h10-14,16,18,21-23H,5-9,15,17,19-20H2,1-4H3. The predicted molar refractivity (Wildman–Crippen MR) is 150 cm³/mol. The van der Waals surface area contributed by atoms with Crippen molar-refractivity contribution in [2.45, 2.75) is 79.1 Å². The zero-order valence-corrected chi connectivity index (χ0v) is 21.6. The Morgan fingerprint density at radius 3 is 2.12 bits per heavy atom. The van der Waals surface area contributed by atoms with E-state index in [4.69, 9.17) is 0 Å². The Morgan fingerprint density at radius 2 is 1.44 bits per heavy atom. The second-order valence-corrected chi connectivity index (χ2v) is 9.60. The van der Waals surface area contributed by atoms with E-state index < -0.39 is 0 Å². The number of rotatable bonds is 8. The first kappa shape index (κ1) is 24.3. The Balaban J connectivity index is 1.62. The number of benzene rings is 3. The summed E-state index contributed by atoms with van der Waals surface area (Å²) in [5.74, 6) is 0. The highest BCUT2D eigenvalue weighted by atomic mass is 14.3. The topological polar surface area (TPSA) is 0 Å². The van der Waals surface area contributed by atoms with Gasteiger partial charge in [0.25, 0.3) is 0 Å². The Morgan fingerprint density at radius 1 is 0.706 bits per heavy atom. The summed E-state index contributed by atoms with van der Waals surface area (Å²) in [7, 11) is 0. The molecule has 0 saturated carbocycles. The number of fused-ring (bicyclic) bond motifs is 1. The number of aryl methyl sites for hydroxylation is 5. The average Bonchev–Trinajstić information content (AvgIpc) is 2.88. The van der Waals surface area contributed by atoms with Crippen LogP contribution in [0.4, 0.5) is 0 Å². The molecule has 176 valence electrons. The van der Waals surface area contributed by atoms with Crippen molar-refractivity contribution in [1.82, 2.24) is 0 Å². The van der Waals surface area contributed by atoms with Gasteiger partial charge >= 0.3 is 0 Å². The lowest BCUT2D eigenvalue weighted by molar-refractivity contribution is 0.900. The zero-order chi connectivity index (χ0) is 24.1. The molecule has 1 aliphatic rings. The predicted octanol–water partition coefficient (Wildman–Crippen LogP) is 8.76. The van der Waals surface area contributed by atoms with Crippen LogP contribution in [0.15, 0.2) is 66.7 Å². The maximum absolute atomic E-state index is 4.63. The fourth-order valence-electron chi connectivity index (χ4n) is 5.80. The van der Waals surface area contributed by atoms with Crippen molar-refractivity contribution in [3.63, 3.8) is 0 Å². The van der Waals surface area contributed by atoms with E-state index in [0.29, 0.717) is 0 Å². The Hall–Kier alpha value is -2.86. The molecular formula is C34H40. The molecule has 0 aromatic heterocycles. The summed E-state index contributed by atoms with van der Waals surface area (Å²) in [5, 5.41) is 0. The van der Waals surface area contributed by atoms with Crippen LogP contribution in [0.1, 0.15) is 84.2 Å². The summed E-state index contributed by atoms with van der Waals surface area (Å²) in [6.07, 6.45) is 11.2. The summed E-state index contributed by atoms with van der Waals surface area (Å²) in [4.78, 5) is 0. The van der Waals surface area contributed by atoms with Gasteiger partial charge in [-0.25, -0.2) is 0 Å². The lowest BCUT2D eigenvalue weighted by Gasteiger charge is -2.28. The van der Waals surface area contributed by atoms with Gasteiger partial charge in [0.2, 0.25) is 0 Å². The molecule has 0 N–H and O–H groups in total. The van der Waals surface area contributed by atoms with Gasteiger partial charge in [0.1, 0.15) is 0 Å². The van der Waals surface area contributed by atoms with Crippen molar-refractivity contribution in [3.8, 4) is 0 Å². The van der Waals surface area contributed by atoms with Crippen molar-refractivity contribution >= 4 is 11.6 Å². The molecule has 0 heterocycles. The molecule has 0 heteroatoms. The molecule has 3 aromatic rings. The fraction of sp³-hybridized carbons (Fsp3) is 0.353. The molecule has 0 nitrogen and oxygen atoms in total. The first-order valence-electron chi connectivity index (χ1n) is 13.3. The molecule has 0 amide bonds. The van der Waals surface area contributed by atoms with Crippen LogP contribution >= 0.6 is 0 Å². The number of allylic oxidation sites excluding steroid dienone is 2. The van der Waals surface area contributed by atoms with E-state index >= 15 is 0 Å². The molecule has 0 fully saturated rings. The van der Waals surface area contributed by atoms with E-state index in [-0.39, 0.29) is 0 Å². The highest BCUT2D eigenvalue weighted by Gasteiger charge is 2.23. The van der Waals surface area contributed by atoms with Crippen molar-refractivity contribution in [2.24, 2.45) is 0 Å². The molecule has 1 aliphatic carbocycles. The SMILES string of the molecule is C=C1C(=Cc2ccc(CCc3ccccc3)c(CC)c2)CCc2cc(CC)c(CC)c(CC)c21. The molecule has 0 aliphatic heterocycles.